The minimum absolute atomic E-state index is 0.0749. The number of hydrogen-bond donors (Lipinski definition) is 1. The van der Waals surface area contributed by atoms with Crippen molar-refractivity contribution in [1.82, 2.24) is 5.32 Å². The largest absolute Gasteiger partial charge is 0.494 e. The number of nitrogens with one attached hydrogen (secondary N) is 1. The third kappa shape index (κ3) is 3.42. The summed E-state index contributed by atoms with van der Waals surface area (Å²) in [5, 5.41) is 3.65. The fraction of sp³-hybridized carbons (Fsp3) is 0.647. The third-order valence-corrected chi connectivity index (χ3v) is 5.94. The Morgan fingerprint density at radius 3 is 3.05 bits per heavy atom. The average Bonchev–Trinajstić information content (AvgIpc) is 2.95. The van der Waals surface area contributed by atoms with E-state index in [1.807, 2.05) is 17.8 Å². The lowest BCUT2D eigenvalue weighted by Crippen LogP contribution is -2.47. The van der Waals surface area contributed by atoms with E-state index in [0.29, 0.717) is 11.8 Å². The highest BCUT2D eigenvalue weighted by molar-refractivity contribution is 7.99. The average molecular weight is 325 g/mol. The molecule has 2 fully saturated rings. The van der Waals surface area contributed by atoms with Crippen LogP contribution in [0.5, 0.6) is 5.75 Å². The van der Waals surface area contributed by atoms with E-state index in [1.165, 1.54) is 12.9 Å². The van der Waals surface area contributed by atoms with Crippen molar-refractivity contribution in [2.24, 2.45) is 0 Å². The minimum atomic E-state index is -0.302. The molecule has 3 atom stereocenters. The first-order valence-electron chi connectivity index (χ1n) is 7.93. The predicted molar refractivity (Wildman–Crippen MR) is 88.1 cm³/mol. The molecule has 2 aliphatic rings. The van der Waals surface area contributed by atoms with Gasteiger partial charge in [-0.25, -0.2) is 4.39 Å². The molecule has 2 saturated heterocycles. The Labute approximate surface area is 135 Å². The molecule has 0 unspecified atom stereocenters. The predicted octanol–water partition coefficient (Wildman–Crippen LogP) is 3.54. The SMILES string of the molecule is COc1ccc([C@H](C)N[C@H]2CCO[C@@]3(CCSC3)C2)cc1F. The molecule has 3 nitrogen and oxygen atoms in total. The summed E-state index contributed by atoms with van der Waals surface area (Å²) >= 11 is 1.99. The van der Waals surface area contributed by atoms with E-state index in [9.17, 15) is 4.39 Å². The number of methoxy groups -OCH3 is 1. The standard InChI is InChI=1S/C17H24FNO2S/c1-12(13-3-4-16(20-2)15(18)9-13)19-14-5-7-21-17(10-14)6-8-22-11-17/h3-4,9,12,14,19H,5-8,10-11H2,1-2H3/t12-,14-,17-/m0/s1. The highest BCUT2D eigenvalue weighted by Crippen LogP contribution is 2.38. The van der Waals surface area contributed by atoms with Crippen LogP contribution in [-0.2, 0) is 4.74 Å². The molecular formula is C17H24FNO2S. The second-order valence-electron chi connectivity index (χ2n) is 6.31. The van der Waals surface area contributed by atoms with E-state index in [4.69, 9.17) is 9.47 Å². The van der Waals surface area contributed by atoms with Crippen LogP contribution in [0.4, 0.5) is 4.39 Å². The van der Waals surface area contributed by atoms with Crippen LogP contribution in [0.1, 0.15) is 37.8 Å². The molecule has 0 bridgehead atoms. The van der Waals surface area contributed by atoms with Crippen molar-refractivity contribution in [2.45, 2.75) is 43.9 Å². The maximum atomic E-state index is 13.9. The van der Waals surface area contributed by atoms with Gasteiger partial charge in [-0.3, -0.25) is 0 Å². The molecule has 0 aromatic heterocycles. The molecule has 2 heterocycles. The topological polar surface area (TPSA) is 30.5 Å². The van der Waals surface area contributed by atoms with E-state index in [2.05, 4.69) is 12.2 Å². The summed E-state index contributed by atoms with van der Waals surface area (Å²) in [5.41, 5.74) is 1.03. The van der Waals surface area contributed by atoms with Gasteiger partial charge in [-0.1, -0.05) is 6.07 Å². The molecular weight excluding hydrogens is 301 g/mol. The van der Waals surface area contributed by atoms with Crippen molar-refractivity contribution in [3.63, 3.8) is 0 Å². The molecule has 0 amide bonds. The summed E-state index contributed by atoms with van der Waals surface area (Å²) in [6.07, 6.45) is 3.24. The molecule has 5 heteroatoms. The molecule has 1 spiro atoms. The first-order valence-corrected chi connectivity index (χ1v) is 9.08. The van der Waals surface area contributed by atoms with E-state index < -0.39 is 0 Å². The van der Waals surface area contributed by atoms with Crippen molar-refractivity contribution in [2.75, 3.05) is 25.2 Å². The number of hydrogen-bond acceptors (Lipinski definition) is 4. The highest BCUT2D eigenvalue weighted by atomic mass is 32.2. The van der Waals surface area contributed by atoms with Gasteiger partial charge in [0.15, 0.2) is 11.6 Å². The van der Waals surface area contributed by atoms with Gasteiger partial charge >= 0.3 is 0 Å². The van der Waals surface area contributed by atoms with Gasteiger partial charge in [0.05, 0.1) is 12.7 Å². The quantitative estimate of drug-likeness (QED) is 0.917. The molecule has 22 heavy (non-hydrogen) atoms. The first kappa shape index (κ1) is 16.1. The second-order valence-corrected chi connectivity index (χ2v) is 7.41. The van der Waals surface area contributed by atoms with Gasteiger partial charge in [0.2, 0.25) is 0 Å². The maximum absolute atomic E-state index is 13.9. The zero-order valence-corrected chi connectivity index (χ0v) is 14.0. The number of ether oxygens (including phenoxy) is 2. The Hall–Kier alpha value is -0.780. The zero-order valence-electron chi connectivity index (χ0n) is 13.2. The summed E-state index contributed by atoms with van der Waals surface area (Å²) in [5.74, 6) is 2.30. The highest BCUT2D eigenvalue weighted by Gasteiger charge is 2.40. The van der Waals surface area contributed by atoms with Gasteiger partial charge in [-0.05, 0) is 49.6 Å². The number of halogens is 1. The van der Waals surface area contributed by atoms with Gasteiger partial charge in [0.25, 0.3) is 0 Å². The van der Waals surface area contributed by atoms with Gasteiger partial charge in [-0.15, -0.1) is 0 Å². The van der Waals surface area contributed by atoms with Crippen molar-refractivity contribution in [3.8, 4) is 5.75 Å². The second kappa shape index (κ2) is 6.77. The Kier molecular flexibility index (Phi) is 4.95. The minimum Gasteiger partial charge on any atom is -0.494 e. The lowest BCUT2D eigenvalue weighted by molar-refractivity contribution is -0.0711. The van der Waals surface area contributed by atoms with E-state index >= 15 is 0 Å². The summed E-state index contributed by atoms with van der Waals surface area (Å²) in [6.45, 7) is 2.91. The van der Waals surface area contributed by atoms with Gasteiger partial charge in [0.1, 0.15) is 0 Å². The van der Waals surface area contributed by atoms with Crippen LogP contribution in [0.15, 0.2) is 18.2 Å². The van der Waals surface area contributed by atoms with Crippen molar-refractivity contribution >= 4 is 11.8 Å². The molecule has 1 aromatic carbocycles. The number of thioether (sulfide) groups is 1. The Balaban J connectivity index is 1.63. The maximum Gasteiger partial charge on any atom is 0.165 e. The summed E-state index contributed by atoms with van der Waals surface area (Å²) < 4.78 is 24.9. The van der Waals surface area contributed by atoms with Gasteiger partial charge < -0.3 is 14.8 Å². The van der Waals surface area contributed by atoms with Crippen LogP contribution in [0.25, 0.3) is 0 Å². The van der Waals surface area contributed by atoms with Crippen molar-refractivity contribution in [3.05, 3.63) is 29.6 Å². The number of benzene rings is 1. The van der Waals surface area contributed by atoms with E-state index in [-0.39, 0.29) is 17.5 Å². The fourth-order valence-corrected chi connectivity index (χ4v) is 4.81. The summed E-state index contributed by atoms with van der Waals surface area (Å²) in [6, 6.07) is 5.75. The molecule has 122 valence electrons. The van der Waals surface area contributed by atoms with Gasteiger partial charge in [-0.2, -0.15) is 11.8 Å². The third-order valence-electron chi connectivity index (χ3n) is 4.72. The van der Waals surface area contributed by atoms with Crippen LogP contribution >= 0.6 is 11.8 Å². The lowest BCUT2D eigenvalue weighted by Gasteiger charge is -2.39. The van der Waals surface area contributed by atoms with Crippen LogP contribution < -0.4 is 10.1 Å². The molecule has 0 radical (unpaired) electrons. The van der Waals surface area contributed by atoms with Crippen LogP contribution in [0.3, 0.4) is 0 Å². The summed E-state index contributed by atoms with van der Waals surface area (Å²) in [7, 11) is 1.49. The Bertz CT molecular complexity index is 519. The van der Waals surface area contributed by atoms with Crippen LogP contribution in [0, 0.1) is 5.82 Å². The van der Waals surface area contributed by atoms with Crippen molar-refractivity contribution < 1.29 is 13.9 Å². The molecule has 1 N–H and O–H groups in total. The van der Waals surface area contributed by atoms with Crippen LogP contribution in [-0.4, -0.2) is 36.9 Å². The molecule has 0 aliphatic carbocycles. The monoisotopic (exact) mass is 325 g/mol. The molecule has 2 aliphatic heterocycles. The fourth-order valence-electron chi connectivity index (χ4n) is 3.44. The molecule has 1 aromatic rings. The Morgan fingerprint density at radius 1 is 1.50 bits per heavy atom. The van der Waals surface area contributed by atoms with Crippen LogP contribution in [0.2, 0.25) is 0 Å². The Morgan fingerprint density at radius 2 is 2.36 bits per heavy atom. The number of rotatable bonds is 4. The van der Waals surface area contributed by atoms with E-state index in [0.717, 1.165) is 37.2 Å². The zero-order chi connectivity index (χ0) is 15.6. The van der Waals surface area contributed by atoms with Gasteiger partial charge in [0, 0.05) is 24.4 Å². The van der Waals surface area contributed by atoms with E-state index in [1.54, 1.807) is 12.1 Å². The van der Waals surface area contributed by atoms with Crippen molar-refractivity contribution in [1.29, 1.82) is 0 Å². The lowest BCUT2D eigenvalue weighted by atomic mass is 9.89. The molecule has 3 rings (SSSR count). The first-order chi connectivity index (χ1) is 10.6. The smallest absolute Gasteiger partial charge is 0.165 e. The summed E-state index contributed by atoms with van der Waals surface area (Å²) in [4.78, 5) is 0. The molecule has 0 saturated carbocycles. The normalized spacial score (nSPS) is 29.7.